The summed E-state index contributed by atoms with van der Waals surface area (Å²) < 4.78 is 11.4. The van der Waals surface area contributed by atoms with Crippen LogP contribution in [-0.4, -0.2) is 57.2 Å². The molecule has 0 saturated heterocycles. The summed E-state index contributed by atoms with van der Waals surface area (Å²) in [4.78, 5) is 60.1. The number of ether oxygens (including phenoxy) is 2. The van der Waals surface area contributed by atoms with Gasteiger partial charge in [0.2, 0.25) is 5.91 Å². The second kappa shape index (κ2) is 14.5. The fourth-order valence-electron chi connectivity index (χ4n) is 3.85. The number of carbonyl (C=O) groups excluding carboxylic acids is 3. The predicted molar refractivity (Wildman–Crippen MR) is 161 cm³/mol. The Morgan fingerprint density at radius 1 is 0.705 bits per heavy atom. The molecule has 232 valence electrons. The van der Waals surface area contributed by atoms with E-state index in [2.05, 4.69) is 16.0 Å². The molecule has 0 radical (unpaired) electrons. The standard InChI is InChI=1S/C31H33N3O10/c1-16(2)43-24-15-19(31(41)42)7-11-22(24)33-30(40)21-10-12-23(28(27(21)38)44-17(3)4)34-29(39)18-5-8-20(9-6-18)32-25(35)13-14-26(36)37/h5-12,15-17,38H,13-14H2,1-4H3,(H,32,35)(H,33,40)(H,34,39)(H,36,37)(H,41,42). The molecule has 0 bridgehead atoms. The number of aromatic carboxylic acids is 1. The maximum Gasteiger partial charge on any atom is 0.335 e. The van der Waals surface area contributed by atoms with E-state index in [-0.39, 0.29) is 58.5 Å². The highest BCUT2D eigenvalue weighted by atomic mass is 16.5. The summed E-state index contributed by atoms with van der Waals surface area (Å²) in [6.07, 6.45) is -1.28. The van der Waals surface area contributed by atoms with Crippen molar-refractivity contribution in [2.24, 2.45) is 0 Å². The summed E-state index contributed by atoms with van der Waals surface area (Å²) in [5.41, 5.74) is 0.613. The highest BCUT2D eigenvalue weighted by Crippen LogP contribution is 2.39. The van der Waals surface area contributed by atoms with Gasteiger partial charge >= 0.3 is 11.9 Å². The maximum absolute atomic E-state index is 13.2. The number of amides is 3. The van der Waals surface area contributed by atoms with Crippen molar-refractivity contribution in [1.29, 1.82) is 0 Å². The summed E-state index contributed by atoms with van der Waals surface area (Å²) in [6.45, 7) is 6.87. The summed E-state index contributed by atoms with van der Waals surface area (Å²) in [6, 6.07) is 12.5. The summed E-state index contributed by atoms with van der Waals surface area (Å²) in [5, 5.41) is 36.9. The molecule has 3 aromatic carbocycles. The molecule has 0 aliphatic carbocycles. The first-order valence-corrected chi connectivity index (χ1v) is 13.6. The summed E-state index contributed by atoms with van der Waals surface area (Å²) in [7, 11) is 0. The summed E-state index contributed by atoms with van der Waals surface area (Å²) >= 11 is 0. The highest BCUT2D eigenvalue weighted by molar-refractivity contribution is 6.10. The number of benzene rings is 3. The number of nitrogens with one attached hydrogen (secondary N) is 3. The maximum atomic E-state index is 13.2. The number of carbonyl (C=O) groups is 5. The molecule has 3 aromatic rings. The topological polar surface area (TPSA) is 201 Å². The quantitative estimate of drug-likeness (QED) is 0.154. The van der Waals surface area contributed by atoms with Gasteiger partial charge in [-0.1, -0.05) is 0 Å². The van der Waals surface area contributed by atoms with Crippen molar-refractivity contribution < 1.29 is 48.8 Å². The van der Waals surface area contributed by atoms with Gasteiger partial charge in [-0.15, -0.1) is 0 Å². The van der Waals surface area contributed by atoms with Crippen molar-refractivity contribution in [2.45, 2.75) is 52.7 Å². The summed E-state index contributed by atoms with van der Waals surface area (Å²) in [5.74, 6) is -4.63. The Balaban J connectivity index is 1.83. The Morgan fingerprint density at radius 2 is 1.30 bits per heavy atom. The Labute approximate surface area is 252 Å². The van der Waals surface area contributed by atoms with Crippen molar-refractivity contribution in [2.75, 3.05) is 16.0 Å². The minimum atomic E-state index is -1.17. The molecule has 0 unspecified atom stereocenters. The Bertz CT molecular complexity index is 1570. The Hall–Kier alpha value is -5.59. The number of anilines is 3. The van der Waals surface area contributed by atoms with Gasteiger partial charge in [0.1, 0.15) is 5.75 Å². The molecule has 0 aromatic heterocycles. The van der Waals surface area contributed by atoms with Crippen LogP contribution in [0.1, 0.15) is 71.6 Å². The van der Waals surface area contributed by atoms with E-state index >= 15 is 0 Å². The Kier molecular flexibility index (Phi) is 10.9. The number of aliphatic carboxylic acids is 1. The van der Waals surface area contributed by atoms with Crippen molar-refractivity contribution in [3.05, 3.63) is 71.3 Å². The van der Waals surface area contributed by atoms with E-state index in [9.17, 15) is 34.2 Å². The fourth-order valence-corrected chi connectivity index (χ4v) is 3.85. The van der Waals surface area contributed by atoms with Gasteiger partial charge in [0, 0.05) is 17.7 Å². The van der Waals surface area contributed by atoms with Crippen molar-refractivity contribution >= 4 is 46.7 Å². The van der Waals surface area contributed by atoms with Crippen LogP contribution < -0.4 is 25.4 Å². The third-order valence-corrected chi connectivity index (χ3v) is 5.81. The average molecular weight is 608 g/mol. The monoisotopic (exact) mass is 607 g/mol. The van der Waals surface area contributed by atoms with E-state index in [1.54, 1.807) is 27.7 Å². The minimum Gasteiger partial charge on any atom is -0.504 e. The Morgan fingerprint density at radius 3 is 1.89 bits per heavy atom. The van der Waals surface area contributed by atoms with Crippen molar-refractivity contribution in [3.8, 4) is 17.2 Å². The molecule has 6 N–H and O–H groups in total. The zero-order valence-corrected chi connectivity index (χ0v) is 24.5. The zero-order chi connectivity index (χ0) is 32.6. The van der Waals surface area contributed by atoms with Gasteiger partial charge in [0.15, 0.2) is 11.5 Å². The van der Waals surface area contributed by atoms with Crippen LogP contribution in [0.2, 0.25) is 0 Å². The average Bonchev–Trinajstić information content (AvgIpc) is 2.94. The number of aromatic hydroxyl groups is 1. The molecule has 13 nitrogen and oxygen atoms in total. The highest BCUT2D eigenvalue weighted by Gasteiger charge is 2.23. The van der Waals surface area contributed by atoms with Gasteiger partial charge < -0.3 is 40.7 Å². The third kappa shape index (κ3) is 8.95. The predicted octanol–water partition coefficient (Wildman–Crippen LogP) is 4.97. The van der Waals surface area contributed by atoms with Crippen LogP contribution in [-0.2, 0) is 9.59 Å². The van der Waals surface area contributed by atoms with Gasteiger partial charge in [-0.2, -0.15) is 0 Å². The lowest BCUT2D eigenvalue weighted by molar-refractivity contribution is -0.138. The van der Waals surface area contributed by atoms with E-state index in [1.165, 1.54) is 54.6 Å². The first-order valence-electron chi connectivity index (χ1n) is 13.6. The molecule has 0 heterocycles. The number of phenols is 1. The van der Waals surface area contributed by atoms with Crippen molar-refractivity contribution in [1.82, 2.24) is 0 Å². The van der Waals surface area contributed by atoms with E-state index in [0.29, 0.717) is 5.69 Å². The molecule has 3 rings (SSSR count). The van der Waals surface area contributed by atoms with Crippen LogP contribution in [0.5, 0.6) is 17.2 Å². The normalized spacial score (nSPS) is 10.7. The molecule has 3 amide bonds. The van der Waals surface area contributed by atoms with Crippen LogP contribution >= 0.6 is 0 Å². The van der Waals surface area contributed by atoms with E-state index in [4.69, 9.17) is 14.6 Å². The molecule has 0 atom stereocenters. The van der Waals surface area contributed by atoms with E-state index in [1.807, 2.05) is 0 Å². The first-order chi connectivity index (χ1) is 20.7. The molecular weight excluding hydrogens is 574 g/mol. The number of hydrogen-bond acceptors (Lipinski definition) is 8. The van der Waals surface area contributed by atoms with Crippen LogP contribution in [0.15, 0.2) is 54.6 Å². The number of phenolic OH excluding ortho intramolecular Hbond substituents is 1. The smallest absolute Gasteiger partial charge is 0.335 e. The molecule has 0 aliphatic heterocycles. The molecular formula is C31H33N3O10. The third-order valence-electron chi connectivity index (χ3n) is 5.81. The number of rotatable bonds is 13. The molecule has 0 spiro atoms. The van der Waals surface area contributed by atoms with Crippen LogP contribution in [0.3, 0.4) is 0 Å². The van der Waals surface area contributed by atoms with Gasteiger partial charge in [-0.3, -0.25) is 19.2 Å². The van der Waals surface area contributed by atoms with E-state index in [0.717, 1.165) is 0 Å². The molecule has 0 aliphatic rings. The van der Waals surface area contributed by atoms with Gasteiger partial charge in [0.25, 0.3) is 11.8 Å². The number of carboxylic acid groups (broad SMARTS) is 2. The first kappa shape index (κ1) is 32.9. The van der Waals surface area contributed by atoms with Crippen LogP contribution in [0, 0.1) is 0 Å². The number of hydrogen-bond donors (Lipinski definition) is 6. The van der Waals surface area contributed by atoms with Crippen LogP contribution in [0.4, 0.5) is 17.1 Å². The molecule has 13 heteroatoms. The second-order valence-corrected chi connectivity index (χ2v) is 10.1. The van der Waals surface area contributed by atoms with Gasteiger partial charge in [0.05, 0.1) is 41.1 Å². The lowest BCUT2D eigenvalue weighted by Crippen LogP contribution is -2.18. The fraction of sp³-hybridized carbons (Fsp3) is 0.258. The number of carboxylic acids is 2. The largest absolute Gasteiger partial charge is 0.504 e. The lowest BCUT2D eigenvalue weighted by atomic mass is 10.1. The molecule has 0 fully saturated rings. The van der Waals surface area contributed by atoms with Gasteiger partial charge in [-0.25, -0.2) is 4.79 Å². The SMILES string of the molecule is CC(C)Oc1cc(C(=O)O)ccc1NC(=O)c1ccc(NC(=O)c2ccc(NC(=O)CCC(=O)O)cc2)c(OC(C)C)c1O. The lowest BCUT2D eigenvalue weighted by Gasteiger charge is -2.19. The minimum absolute atomic E-state index is 0.0376. The zero-order valence-electron chi connectivity index (χ0n) is 24.5. The second-order valence-electron chi connectivity index (χ2n) is 10.1. The molecule has 44 heavy (non-hydrogen) atoms. The van der Waals surface area contributed by atoms with Crippen molar-refractivity contribution in [3.63, 3.8) is 0 Å². The van der Waals surface area contributed by atoms with Gasteiger partial charge in [-0.05, 0) is 82.3 Å². The van der Waals surface area contributed by atoms with Crippen LogP contribution in [0.25, 0.3) is 0 Å². The van der Waals surface area contributed by atoms with E-state index < -0.39 is 41.5 Å². The molecule has 0 saturated carbocycles.